The van der Waals surface area contributed by atoms with Gasteiger partial charge < -0.3 is 5.32 Å². The number of benzene rings is 2. The van der Waals surface area contributed by atoms with E-state index in [-0.39, 0.29) is 11.8 Å². The van der Waals surface area contributed by atoms with Gasteiger partial charge in [0.25, 0.3) is 0 Å². The lowest BCUT2D eigenvalue weighted by Gasteiger charge is -2.07. The van der Waals surface area contributed by atoms with E-state index in [1.54, 1.807) is 12.1 Å². The summed E-state index contributed by atoms with van der Waals surface area (Å²) in [5.41, 5.74) is 2.00. The van der Waals surface area contributed by atoms with E-state index in [9.17, 15) is 4.79 Å². The number of carbonyl (C=O) groups is 1. The molecule has 20 heavy (non-hydrogen) atoms. The zero-order valence-corrected chi connectivity index (χ0v) is 13.0. The SMILES string of the molecule is O=C(Nc1ccc(Cl)cc1Br)C1CC1c1ccccc1. The van der Waals surface area contributed by atoms with Crippen molar-refractivity contribution >= 4 is 39.1 Å². The molecule has 0 aliphatic heterocycles. The summed E-state index contributed by atoms with van der Waals surface area (Å²) in [6.07, 6.45) is 0.918. The fraction of sp³-hybridized carbons (Fsp3) is 0.188. The van der Waals surface area contributed by atoms with Crippen LogP contribution < -0.4 is 5.32 Å². The topological polar surface area (TPSA) is 29.1 Å². The van der Waals surface area contributed by atoms with Gasteiger partial charge in [0.2, 0.25) is 5.91 Å². The molecule has 0 saturated heterocycles. The Morgan fingerprint density at radius 3 is 2.65 bits per heavy atom. The first kappa shape index (κ1) is 13.7. The first-order valence-electron chi connectivity index (χ1n) is 6.46. The Morgan fingerprint density at radius 1 is 1.20 bits per heavy atom. The maximum Gasteiger partial charge on any atom is 0.228 e. The van der Waals surface area contributed by atoms with Crippen molar-refractivity contribution in [2.24, 2.45) is 5.92 Å². The predicted molar refractivity (Wildman–Crippen MR) is 85.1 cm³/mol. The minimum Gasteiger partial charge on any atom is -0.325 e. The van der Waals surface area contributed by atoms with Crippen LogP contribution in [0.4, 0.5) is 5.69 Å². The summed E-state index contributed by atoms with van der Waals surface area (Å²) in [6.45, 7) is 0. The number of amides is 1. The maximum atomic E-state index is 12.2. The Kier molecular flexibility index (Phi) is 3.81. The van der Waals surface area contributed by atoms with Crippen molar-refractivity contribution in [3.05, 3.63) is 63.6 Å². The van der Waals surface area contributed by atoms with Gasteiger partial charge in [-0.15, -0.1) is 0 Å². The van der Waals surface area contributed by atoms with Crippen LogP contribution in [0.2, 0.25) is 5.02 Å². The first-order chi connectivity index (χ1) is 9.65. The lowest BCUT2D eigenvalue weighted by Crippen LogP contribution is -2.14. The zero-order chi connectivity index (χ0) is 14.1. The van der Waals surface area contributed by atoms with E-state index in [4.69, 9.17) is 11.6 Å². The van der Waals surface area contributed by atoms with Gasteiger partial charge in [-0.2, -0.15) is 0 Å². The summed E-state index contributed by atoms with van der Waals surface area (Å²) in [6, 6.07) is 15.5. The molecule has 1 N–H and O–H groups in total. The number of hydrogen-bond acceptors (Lipinski definition) is 1. The molecule has 1 amide bonds. The van der Waals surface area contributed by atoms with E-state index >= 15 is 0 Å². The van der Waals surface area contributed by atoms with Gasteiger partial charge in [0.15, 0.2) is 0 Å². The third-order valence-corrected chi connectivity index (χ3v) is 4.44. The Morgan fingerprint density at radius 2 is 1.95 bits per heavy atom. The number of carbonyl (C=O) groups excluding carboxylic acids is 1. The highest BCUT2D eigenvalue weighted by molar-refractivity contribution is 9.10. The highest BCUT2D eigenvalue weighted by atomic mass is 79.9. The summed E-state index contributed by atoms with van der Waals surface area (Å²) in [4.78, 5) is 12.2. The summed E-state index contributed by atoms with van der Waals surface area (Å²) in [7, 11) is 0. The summed E-state index contributed by atoms with van der Waals surface area (Å²) in [5, 5.41) is 3.60. The Hall–Kier alpha value is -1.32. The highest BCUT2D eigenvalue weighted by Gasteiger charge is 2.43. The van der Waals surface area contributed by atoms with Crippen molar-refractivity contribution in [2.45, 2.75) is 12.3 Å². The van der Waals surface area contributed by atoms with Crippen LogP contribution in [0.5, 0.6) is 0 Å². The van der Waals surface area contributed by atoms with Crippen molar-refractivity contribution in [2.75, 3.05) is 5.32 Å². The normalized spacial score (nSPS) is 20.5. The van der Waals surface area contributed by atoms with E-state index < -0.39 is 0 Å². The zero-order valence-electron chi connectivity index (χ0n) is 10.6. The first-order valence-corrected chi connectivity index (χ1v) is 7.63. The lowest BCUT2D eigenvalue weighted by atomic mass is 10.1. The second-order valence-electron chi connectivity index (χ2n) is 4.97. The van der Waals surface area contributed by atoms with Crippen molar-refractivity contribution < 1.29 is 4.79 Å². The van der Waals surface area contributed by atoms with Gasteiger partial charge in [0.1, 0.15) is 0 Å². The minimum absolute atomic E-state index is 0.0694. The molecule has 4 heteroatoms. The Balaban J connectivity index is 1.67. The average Bonchev–Trinajstić information content (AvgIpc) is 3.23. The molecule has 0 bridgehead atoms. The molecule has 2 aromatic carbocycles. The molecule has 0 aromatic heterocycles. The van der Waals surface area contributed by atoms with E-state index in [0.717, 1.165) is 16.6 Å². The molecule has 0 spiro atoms. The summed E-state index contributed by atoms with van der Waals surface area (Å²) >= 11 is 9.29. The van der Waals surface area contributed by atoms with Crippen LogP contribution in [0, 0.1) is 5.92 Å². The predicted octanol–water partition coefficient (Wildman–Crippen LogP) is 4.84. The van der Waals surface area contributed by atoms with Gasteiger partial charge in [0, 0.05) is 15.4 Å². The lowest BCUT2D eigenvalue weighted by molar-refractivity contribution is -0.117. The molecule has 102 valence electrons. The molecule has 2 unspecified atom stereocenters. The van der Waals surface area contributed by atoms with Crippen LogP contribution >= 0.6 is 27.5 Å². The largest absolute Gasteiger partial charge is 0.325 e. The van der Waals surface area contributed by atoms with Crippen LogP contribution in [0.25, 0.3) is 0 Å². The van der Waals surface area contributed by atoms with Crippen LogP contribution in [0.3, 0.4) is 0 Å². The minimum atomic E-state index is 0.0694. The molecule has 2 aromatic rings. The van der Waals surface area contributed by atoms with Gasteiger partial charge in [0.05, 0.1) is 5.69 Å². The molecule has 1 saturated carbocycles. The molecule has 1 fully saturated rings. The molecule has 0 radical (unpaired) electrons. The third-order valence-electron chi connectivity index (χ3n) is 3.54. The van der Waals surface area contributed by atoms with Crippen LogP contribution in [-0.2, 0) is 4.79 Å². The summed E-state index contributed by atoms with van der Waals surface area (Å²) in [5.74, 6) is 0.490. The molecule has 1 aliphatic carbocycles. The molecule has 2 atom stereocenters. The van der Waals surface area contributed by atoms with Crippen molar-refractivity contribution in [3.63, 3.8) is 0 Å². The van der Waals surface area contributed by atoms with Gasteiger partial charge in [-0.05, 0) is 52.0 Å². The van der Waals surface area contributed by atoms with Gasteiger partial charge in [-0.3, -0.25) is 4.79 Å². The Bertz CT molecular complexity index is 644. The number of hydrogen-bond donors (Lipinski definition) is 1. The number of nitrogens with one attached hydrogen (secondary N) is 1. The Labute approximate surface area is 131 Å². The standard InChI is InChI=1S/C16H13BrClNO/c17-14-8-11(18)6-7-15(14)19-16(20)13-9-12(13)10-4-2-1-3-5-10/h1-8,12-13H,9H2,(H,19,20). The average molecular weight is 351 g/mol. The molecule has 3 rings (SSSR count). The number of halogens is 2. The fourth-order valence-electron chi connectivity index (χ4n) is 2.37. The van der Waals surface area contributed by atoms with E-state index in [1.807, 2.05) is 24.3 Å². The number of anilines is 1. The van der Waals surface area contributed by atoms with Crippen molar-refractivity contribution in [1.82, 2.24) is 0 Å². The van der Waals surface area contributed by atoms with Gasteiger partial charge in [-0.1, -0.05) is 41.9 Å². The fourth-order valence-corrected chi connectivity index (χ4v) is 3.15. The molecule has 1 aliphatic rings. The van der Waals surface area contributed by atoms with E-state index in [1.165, 1.54) is 5.56 Å². The third kappa shape index (κ3) is 2.89. The molecular formula is C16H13BrClNO. The molecular weight excluding hydrogens is 338 g/mol. The van der Waals surface area contributed by atoms with Crippen molar-refractivity contribution in [1.29, 1.82) is 0 Å². The molecule has 0 heterocycles. The monoisotopic (exact) mass is 349 g/mol. The van der Waals surface area contributed by atoms with Crippen LogP contribution in [-0.4, -0.2) is 5.91 Å². The van der Waals surface area contributed by atoms with Crippen LogP contribution in [0.1, 0.15) is 17.9 Å². The summed E-state index contributed by atoms with van der Waals surface area (Å²) < 4.78 is 0.801. The van der Waals surface area contributed by atoms with Gasteiger partial charge in [-0.25, -0.2) is 0 Å². The number of rotatable bonds is 3. The second-order valence-corrected chi connectivity index (χ2v) is 6.26. The smallest absolute Gasteiger partial charge is 0.228 e. The quantitative estimate of drug-likeness (QED) is 0.843. The maximum absolute atomic E-state index is 12.2. The second kappa shape index (κ2) is 5.58. The van der Waals surface area contributed by atoms with Crippen LogP contribution in [0.15, 0.2) is 53.0 Å². The van der Waals surface area contributed by atoms with Crippen molar-refractivity contribution in [3.8, 4) is 0 Å². The molecule has 2 nitrogen and oxygen atoms in total. The van der Waals surface area contributed by atoms with E-state index in [0.29, 0.717) is 10.9 Å². The highest BCUT2D eigenvalue weighted by Crippen LogP contribution is 2.48. The van der Waals surface area contributed by atoms with Gasteiger partial charge >= 0.3 is 0 Å². The van der Waals surface area contributed by atoms with E-state index in [2.05, 4.69) is 33.4 Å².